The third-order valence-electron chi connectivity index (χ3n) is 3.45. The van der Waals surface area contributed by atoms with Gasteiger partial charge in [-0.2, -0.15) is 0 Å². The monoisotopic (exact) mass is 224 g/mol. The number of aryl methyl sites for hydroxylation is 2. The predicted molar refractivity (Wildman–Crippen MR) is 65.7 cm³/mol. The molecule has 84 valence electrons. The van der Waals surface area contributed by atoms with Gasteiger partial charge in [0.15, 0.2) is 0 Å². The minimum absolute atomic E-state index is 0.421. The minimum atomic E-state index is 0.421. The van der Waals surface area contributed by atoms with E-state index < -0.39 is 0 Å². The molecule has 0 amide bonds. The number of nitrogens with one attached hydrogen (secondary N) is 1. The van der Waals surface area contributed by atoms with E-state index >= 15 is 0 Å². The Balaban J connectivity index is 2.29. The first-order chi connectivity index (χ1) is 7.22. The fraction of sp³-hybridized carbons (Fsp3) is 0.750. The van der Waals surface area contributed by atoms with E-state index in [1.54, 1.807) is 4.88 Å². The summed E-state index contributed by atoms with van der Waals surface area (Å²) in [5, 5.41) is 4.64. The highest BCUT2D eigenvalue weighted by Crippen LogP contribution is 2.46. The fourth-order valence-corrected chi connectivity index (χ4v) is 3.77. The average Bonchev–Trinajstić information content (AvgIpc) is 2.54. The molecule has 0 radical (unpaired) electrons. The maximum Gasteiger partial charge on any atom is 0.0928 e. The lowest BCUT2D eigenvalue weighted by Crippen LogP contribution is -2.42. The van der Waals surface area contributed by atoms with Crippen LogP contribution >= 0.6 is 11.3 Å². The number of aromatic nitrogens is 1. The van der Waals surface area contributed by atoms with E-state index in [2.05, 4.69) is 31.2 Å². The van der Waals surface area contributed by atoms with Gasteiger partial charge in [-0.25, -0.2) is 4.98 Å². The number of rotatable bonds is 4. The lowest BCUT2D eigenvalue weighted by molar-refractivity contribution is 0.243. The summed E-state index contributed by atoms with van der Waals surface area (Å²) in [4.78, 5) is 6.19. The third-order valence-corrected chi connectivity index (χ3v) is 5.00. The second-order valence-electron chi connectivity index (χ2n) is 4.54. The van der Waals surface area contributed by atoms with E-state index in [4.69, 9.17) is 0 Å². The van der Waals surface area contributed by atoms with Crippen molar-refractivity contribution in [3.8, 4) is 0 Å². The molecule has 3 heteroatoms. The molecule has 15 heavy (non-hydrogen) atoms. The van der Waals surface area contributed by atoms with Crippen LogP contribution in [-0.2, 0) is 11.8 Å². The lowest BCUT2D eigenvalue weighted by atomic mass is 9.67. The lowest BCUT2D eigenvalue weighted by Gasteiger charge is -2.41. The number of hydrogen-bond donors (Lipinski definition) is 1. The van der Waals surface area contributed by atoms with Gasteiger partial charge in [0.2, 0.25) is 0 Å². The molecule has 0 atom stereocenters. The summed E-state index contributed by atoms with van der Waals surface area (Å²) in [5.74, 6) is 0. The molecule has 1 aromatic rings. The van der Waals surface area contributed by atoms with Crippen LogP contribution in [0.15, 0.2) is 0 Å². The van der Waals surface area contributed by atoms with Crippen molar-refractivity contribution >= 4 is 11.3 Å². The van der Waals surface area contributed by atoms with Crippen molar-refractivity contribution in [1.29, 1.82) is 0 Å². The van der Waals surface area contributed by atoms with Crippen molar-refractivity contribution in [2.45, 2.75) is 44.9 Å². The molecule has 2 rings (SSSR count). The Morgan fingerprint density at radius 3 is 2.60 bits per heavy atom. The number of likely N-dealkylation sites (N-methyl/N-ethyl adjacent to an activating group) is 1. The smallest absolute Gasteiger partial charge is 0.0928 e. The number of hydrogen-bond acceptors (Lipinski definition) is 3. The van der Waals surface area contributed by atoms with Crippen molar-refractivity contribution in [3.05, 3.63) is 15.6 Å². The predicted octanol–water partition coefficient (Wildman–Crippen LogP) is 2.66. The fourth-order valence-electron chi connectivity index (χ4n) is 2.52. The quantitative estimate of drug-likeness (QED) is 0.850. The van der Waals surface area contributed by atoms with E-state index in [0.29, 0.717) is 5.41 Å². The molecule has 1 aromatic heterocycles. The Kier molecular flexibility index (Phi) is 3.12. The van der Waals surface area contributed by atoms with Gasteiger partial charge in [-0.05, 0) is 33.2 Å². The van der Waals surface area contributed by atoms with Gasteiger partial charge in [0.1, 0.15) is 0 Å². The molecule has 0 aliphatic heterocycles. The molecule has 2 nitrogen and oxygen atoms in total. The zero-order valence-corrected chi connectivity index (χ0v) is 10.7. The van der Waals surface area contributed by atoms with Gasteiger partial charge in [0.05, 0.1) is 10.7 Å². The molecule has 1 aliphatic rings. The van der Waals surface area contributed by atoms with Gasteiger partial charge in [0, 0.05) is 16.8 Å². The summed E-state index contributed by atoms with van der Waals surface area (Å²) >= 11 is 1.93. The largest absolute Gasteiger partial charge is 0.319 e. The number of thiazole rings is 1. The van der Waals surface area contributed by atoms with Gasteiger partial charge in [-0.3, -0.25) is 0 Å². The average molecular weight is 224 g/mol. The highest BCUT2D eigenvalue weighted by molar-refractivity contribution is 7.11. The molecule has 0 unspecified atom stereocenters. The molecule has 1 aliphatic carbocycles. The Morgan fingerprint density at radius 1 is 1.47 bits per heavy atom. The summed E-state index contributed by atoms with van der Waals surface area (Å²) in [5.41, 5.74) is 1.69. The summed E-state index contributed by atoms with van der Waals surface area (Å²) < 4.78 is 0. The summed E-state index contributed by atoms with van der Waals surface area (Å²) in [7, 11) is 2.05. The van der Waals surface area contributed by atoms with Gasteiger partial charge >= 0.3 is 0 Å². The van der Waals surface area contributed by atoms with E-state index in [1.807, 2.05) is 11.3 Å². The van der Waals surface area contributed by atoms with Crippen LogP contribution in [0.1, 0.15) is 41.8 Å². The summed E-state index contributed by atoms with van der Waals surface area (Å²) in [6, 6.07) is 0. The number of nitrogens with zero attached hydrogens (tertiary/aromatic N) is 1. The highest BCUT2D eigenvalue weighted by atomic mass is 32.1. The molecule has 0 spiro atoms. The van der Waals surface area contributed by atoms with Crippen LogP contribution in [0.3, 0.4) is 0 Å². The van der Waals surface area contributed by atoms with Crippen molar-refractivity contribution in [2.75, 3.05) is 13.6 Å². The minimum Gasteiger partial charge on any atom is -0.319 e. The topological polar surface area (TPSA) is 24.9 Å². The van der Waals surface area contributed by atoms with Crippen LogP contribution < -0.4 is 5.32 Å². The van der Waals surface area contributed by atoms with Crippen molar-refractivity contribution in [2.24, 2.45) is 0 Å². The Bertz CT molecular complexity index is 339. The maximum absolute atomic E-state index is 4.65. The third kappa shape index (κ3) is 1.83. The molecule has 0 aromatic carbocycles. The van der Waals surface area contributed by atoms with Crippen molar-refractivity contribution < 1.29 is 0 Å². The van der Waals surface area contributed by atoms with Crippen LogP contribution in [0.2, 0.25) is 0 Å². The first-order valence-electron chi connectivity index (χ1n) is 5.83. The van der Waals surface area contributed by atoms with Crippen LogP contribution in [0.5, 0.6) is 0 Å². The van der Waals surface area contributed by atoms with Crippen molar-refractivity contribution in [1.82, 2.24) is 10.3 Å². The normalized spacial score (nSPS) is 18.9. The standard InChI is InChI=1S/C12H20N2S/c1-4-10-14-9(2)11(15-10)12(8-13-3)6-5-7-12/h13H,4-8H2,1-3H3. The van der Waals surface area contributed by atoms with Gasteiger partial charge in [0.25, 0.3) is 0 Å². The first kappa shape index (κ1) is 11.1. The molecular weight excluding hydrogens is 204 g/mol. The second kappa shape index (κ2) is 4.22. The Hall–Kier alpha value is -0.410. The van der Waals surface area contributed by atoms with Crippen LogP contribution in [0.25, 0.3) is 0 Å². The molecule has 1 fully saturated rings. The zero-order valence-electron chi connectivity index (χ0n) is 9.89. The molecule has 0 bridgehead atoms. The van der Waals surface area contributed by atoms with E-state index in [9.17, 15) is 0 Å². The van der Waals surface area contributed by atoms with Crippen molar-refractivity contribution in [3.63, 3.8) is 0 Å². The molecular formula is C12H20N2S. The summed E-state index contributed by atoms with van der Waals surface area (Å²) in [6.07, 6.45) is 5.11. The zero-order chi connectivity index (χ0) is 10.9. The van der Waals surface area contributed by atoms with Crippen LogP contribution in [0.4, 0.5) is 0 Å². The van der Waals surface area contributed by atoms with Crippen LogP contribution in [0, 0.1) is 6.92 Å². The maximum atomic E-state index is 4.65. The molecule has 1 N–H and O–H groups in total. The van der Waals surface area contributed by atoms with E-state index in [-0.39, 0.29) is 0 Å². The molecule has 0 saturated heterocycles. The van der Waals surface area contributed by atoms with E-state index in [1.165, 1.54) is 30.0 Å². The van der Waals surface area contributed by atoms with Crippen LogP contribution in [-0.4, -0.2) is 18.6 Å². The van der Waals surface area contributed by atoms with E-state index in [0.717, 1.165) is 13.0 Å². The SMILES string of the molecule is CCc1nc(C)c(C2(CNC)CCC2)s1. The van der Waals surface area contributed by atoms with Gasteiger partial charge < -0.3 is 5.32 Å². The highest BCUT2D eigenvalue weighted by Gasteiger charge is 2.40. The van der Waals surface area contributed by atoms with Gasteiger partial charge in [-0.1, -0.05) is 13.3 Å². The Labute approximate surface area is 96.1 Å². The Morgan fingerprint density at radius 2 is 2.20 bits per heavy atom. The summed E-state index contributed by atoms with van der Waals surface area (Å²) in [6.45, 7) is 5.47. The second-order valence-corrected chi connectivity index (χ2v) is 5.62. The van der Waals surface area contributed by atoms with Gasteiger partial charge in [-0.15, -0.1) is 11.3 Å². The first-order valence-corrected chi connectivity index (χ1v) is 6.65. The molecule has 1 heterocycles. The molecule has 1 saturated carbocycles.